The fraction of sp³-hybridized carbons (Fsp3) is 0.474. The van der Waals surface area contributed by atoms with Crippen LogP contribution in [-0.4, -0.2) is 36.9 Å². The summed E-state index contributed by atoms with van der Waals surface area (Å²) in [5.74, 6) is -0.826. The third-order valence-electron chi connectivity index (χ3n) is 5.34. The maximum atomic E-state index is 11.9. The monoisotopic (exact) mass is 330 g/mol. The molecule has 0 aromatic heterocycles. The summed E-state index contributed by atoms with van der Waals surface area (Å²) < 4.78 is 9.63. The maximum absolute atomic E-state index is 11.9. The number of carbonyl (C=O) groups excluding carboxylic acids is 2. The van der Waals surface area contributed by atoms with Crippen molar-refractivity contribution in [1.29, 1.82) is 0 Å². The van der Waals surface area contributed by atoms with Crippen molar-refractivity contribution in [2.45, 2.75) is 37.7 Å². The number of hydrogen-bond acceptors (Lipinski definition) is 5. The lowest BCUT2D eigenvalue weighted by Crippen LogP contribution is -2.48. The molecule has 0 heterocycles. The SMILES string of the molecule is COC(=O)C(C)c1ccc(/C=C2\CC3(C(=O)OC)CC2(O)C3)cc1. The van der Waals surface area contributed by atoms with E-state index >= 15 is 0 Å². The molecule has 0 aliphatic heterocycles. The Hall–Kier alpha value is -2.14. The predicted octanol–water partition coefficient (Wildman–Crippen LogP) is 2.43. The van der Waals surface area contributed by atoms with Crippen LogP contribution in [0.3, 0.4) is 0 Å². The lowest BCUT2D eigenvalue weighted by atomic mass is 9.67. The molecular formula is C19H22O5. The molecule has 24 heavy (non-hydrogen) atoms. The van der Waals surface area contributed by atoms with Gasteiger partial charge in [0.25, 0.3) is 0 Å². The van der Waals surface area contributed by atoms with Crippen LogP contribution in [0.1, 0.15) is 43.2 Å². The predicted molar refractivity (Wildman–Crippen MR) is 88.1 cm³/mol. The zero-order valence-corrected chi connectivity index (χ0v) is 14.2. The van der Waals surface area contributed by atoms with E-state index in [-0.39, 0.29) is 17.9 Å². The van der Waals surface area contributed by atoms with Gasteiger partial charge in [0.1, 0.15) is 0 Å². The number of carbonyl (C=O) groups is 2. The van der Waals surface area contributed by atoms with Gasteiger partial charge in [-0.1, -0.05) is 30.3 Å². The van der Waals surface area contributed by atoms with Crippen LogP contribution in [0, 0.1) is 5.41 Å². The quantitative estimate of drug-likeness (QED) is 0.859. The lowest BCUT2D eigenvalue weighted by Gasteiger charge is -2.41. The van der Waals surface area contributed by atoms with Crippen molar-refractivity contribution in [1.82, 2.24) is 0 Å². The highest BCUT2D eigenvalue weighted by Gasteiger charge is 2.67. The molecule has 0 saturated heterocycles. The molecule has 0 amide bonds. The van der Waals surface area contributed by atoms with E-state index in [0.717, 1.165) is 16.7 Å². The topological polar surface area (TPSA) is 72.8 Å². The molecule has 3 aliphatic rings. The van der Waals surface area contributed by atoms with E-state index in [0.29, 0.717) is 19.3 Å². The minimum atomic E-state index is -0.883. The van der Waals surface area contributed by atoms with Crippen molar-refractivity contribution in [2.75, 3.05) is 14.2 Å². The van der Waals surface area contributed by atoms with Gasteiger partial charge in [0.15, 0.2) is 0 Å². The smallest absolute Gasteiger partial charge is 0.312 e. The highest BCUT2D eigenvalue weighted by molar-refractivity contribution is 5.83. The van der Waals surface area contributed by atoms with Crippen molar-refractivity contribution in [2.24, 2.45) is 5.41 Å². The third kappa shape index (κ3) is 2.53. The standard InChI is InChI=1S/C19H22O5/c1-12(16(20)23-2)14-6-4-13(5-7-14)8-15-9-18(17(21)24-3)10-19(15,22)11-18/h4-8,12,22H,9-11H2,1-3H3/b15-8+. The number of methoxy groups -OCH3 is 2. The zero-order valence-electron chi connectivity index (χ0n) is 14.2. The van der Waals surface area contributed by atoms with E-state index in [1.54, 1.807) is 6.92 Å². The maximum Gasteiger partial charge on any atom is 0.312 e. The molecule has 5 nitrogen and oxygen atoms in total. The molecule has 1 unspecified atom stereocenters. The Bertz CT molecular complexity index is 695. The Morgan fingerprint density at radius 2 is 1.79 bits per heavy atom. The van der Waals surface area contributed by atoms with Crippen molar-refractivity contribution >= 4 is 18.0 Å². The Kier molecular flexibility index (Phi) is 4.00. The minimum Gasteiger partial charge on any atom is -0.469 e. The van der Waals surface area contributed by atoms with Gasteiger partial charge in [0.05, 0.1) is 31.2 Å². The van der Waals surface area contributed by atoms with Crippen LogP contribution in [0.25, 0.3) is 6.08 Å². The van der Waals surface area contributed by atoms with E-state index in [1.807, 2.05) is 30.3 Å². The van der Waals surface area contributed by atoms with Crippen molar-refractivity contribution in [3.05, 3.63) is 41.0 Å². The second-order valence-corrected chi connectivity index (χ2v) is 6.91. The Balaban J connectivity index is 1.78. The number of fused-ring (bicyclic) bond motifs is 1. The first-order valence-electron chi connectivity index (χ1n) is 8.03. The first kappa shape index (κ1) is 16.7. The second kappa shape index (κ2) is 5.74. The van der Waals surface area contributed by atoms with Crippen LogP contribution in [0.4, 0.5) is 0 Å². The largest absolute Gasteiger partial charge is 0.469 e. The summed E-state index contributed by atoms with van der Waals surface area (Å²) in [4.78, 5) is 23.5. The van der Waals surface area contributed by atoms with Gasteiger partial charge < -0.3 is 14.6 Å². The van der Waals surface area contributed by atoms with Crippen LogP contribution < -0.4 is 0 Å². The van der Waals surface area contributed by atoms with E-state index < -0.39 is 11.0 Å². The zero-order chi connectivity index (χ0) is 17.5. The second-order valence-electron chi connectivity index (χ2n) is 6.91. The Morgan fingerprint density at radius 3 is 2.33 bits per heavy atom. The van der Waals surface area contributed by atoms with E-state index in [1.165, 1.54) is 14.2 Å². The van der Waals surface area contributed by atoms with Crippen molar-refractivity contribution in [3.8, 4) is 0 Å². The van der Waals surface area contributed by atoms with Crippen LogP contribution in [0.2, 0.25) is 0 Å². The molecule has 3 fully saturated rings. The molecular weight excluding hydrogens is 308 g/mol. The molecule has 1 aromatic rings. The van der Waals surface area contributed by atoms with E-state index in [4.69, 9.17) is 9.47 Å². The number of ether oxygens (including phenoxy) is 2. The summed E-state index contributed by atoms with van der Waals surface area (Å²) in [6.07, 6.45) is 3.35. The highest BCUT2D eigenvalue weighted by Crippen LogP contribution is 2.64. The minimum absolute atomic E-state index is 0.238. The molecule has 0 spiro atoms. The van der Waals surface area contributed by atoms with Gasteiger partial charge in [-0.15, -0.1) is 0 Å². The normalized spacial score (nSPS) is 30.6. The summed E-state index contributed by atoms with van der Waals surface area (Å²) in [5, 5.41) is 10.6. The van der Waals surface area contributed by atoms with Crippen molar-refractivity contribution < 1.29 is 24.2 Å². The molecule has 1 aromatic carbocycles. The number of rotatable bonds is 4. The van der Waals surface area contributed by atoms with Gasteiger partial charge in [-0.25, -0.2) is 0 Å². The highest BCUT2D eigenvalue weighted by atomic mass is 16.5. The molecule has 0 radical (unpaired) electrons. The van der Waals surface area contributed by atoms with Crippen molar-refractivity contribution in [3.63, 3.8) is 0 Å². The van der Waals surface area contributed by atoms with Crippen LogP contribution in [0.5, 0.6) is 0 Å². The summed E-state index contributed by atoms with van der Waals surface area (Å²) in [6, 6.07) is 7.58. The molecule has 2 bridgehead atoms. The van der Waals surface area contributed by atoms with Gasteiger partial charge in [-0.2, -0.15) is 0 Å². The summed E-state index contributed by atoms with van der Waals surface area (Å²) in [5.41, 5.74) is 1.26. The van der Waals surface area contributed by atoms with E-state index in [2.05, 4.69) is 0 Å². The van der Waals surface area contributed by atoms with Gasteiger partial charge in [0.2, 0.25) is 0 Å². The first-order chi connectivity index (χ1) is 11.3. The van der Waals surface area contributed by atoms with Gasteiger partial charge in [0, 0.05) is 0 Å². The van der Waals surface area contributed by atoms with Gasteiger partial charge in [-0.05, 0) is 42.9 Å². The molecule has 1 N–H and O–H groups in total. The Morgan fingerprint density at radius 1 is 1.17 bits per heavy atom. The summed E-state index contributed by atoms with van der Waals surface area (Å²) >= 11 is 0. The lowest BCUT2D eigenvalue weighted by molar-refractivity contribution is -0.166. The Labute approximate surface area is 141 Å². The number of aliphatic hydroxyl groups is 1. The van der Waals surface area contributed by atoms with Gasteiger partial charge >= 0.3 is 11.9 Å². The summed E-state index contributed by atoms with van der Waals surface area (Å²) in [6.45, 7) is 1.80. The number of benzene rings is 1. The number of hydrogen-bond donors (Lipinski definition) is 1. The average Bonchev–Trinajstić information content (AvgIpc) is 3.01. The fourth-order valence-electron chi connectivity index (χ4n) is 3.96. The van der Waals surface area contributed by atoms with Crippen LogP contribution in [0.15, 0.2) is 29.8 Å². The molecule has 1 atom stereocenters. The molecule has 3 aliphatic carbocycles. The number of esters is 2. The first-order valence-corrected chi connectivity index (χ1v) is 8.03. The van der Waals surface area contributed by atoms with E-state index in [9.17, 15) is 14.7 Å². The van der Waals surface area contributed by atoms with Crippen LogP contribution in [-0.2, 0) is 19.1 Å². The molecule has 5 heteroatoms. The third-order valence-corrected chi connectivity index (χ3v) is 5.34. The molecule has 3 saturated carbocycles. The summed E-state index contributed by atoms with van der Waals surface area (Å²) in [7, 11) is 2.76. The average molecular weight is 330 g/mol. The fourth-order valence-corrected chi connectivity index (χ4v) is 3.96. The van der Waals surface area contributed by atoms with Crippen LogP contribution >= 0.6 is 0 Å². The van der Waals surface area contributed by atoms with Gasteiger partial charge in [-0.3, -0.25) is 9.59 Å². The molecule has 128 valence electrons. The molecule has 4 rings (SSSR count).